The Labute approximate surface area is 160 Å². The van der Waals surface area contributed by atoms with Gasteiger partial charge >= 0.3 is 0 Å². The number of guanidine groups is 1. The van der Waals surface area contributed by atoms with Crippen LogP contribution >= 0.6 is 24.0 Å². The van der Waals surface area contributed by atoms with E-state index in [0.29, 0.717) is 6.54 Å². The summed E-state index contributed by atoms with van der Waals surface area (Å²) in [4.78, 5) is 4.60. The van der Waals surface area contributed by atoms with Gasteiger partial charge in [-0.2, -0.15) is 0 Å². The molecule has 1 aromatic carbocycles. The van der Waals surface area contributed by atoms with Crippen LogP contribution in [0.2, 0.25) is 0 Å². The number of nitrogens with zero attached hydrogens (tertiary/aromatic N) is 1. The first-order chi connectivity index (χ1) is 11.0. The van der Waals surface area contributed by atoms with Crippen LogP contribution in [0.25, 0.3) is 0 Å². The third kappa shape index (κ3) is 6.91. The molecule has 1 unspecified atom stereocenters. The van der Waals surface area contributed by atoms with Gasteiger partial charge in [0.2, 0.25) is 10.0 Å². The SMILES string of the molecule is CCNC(=NCc1ccc(S(N)(=O)=O)cc1)NCC1CCCO1.I. The summed E-state index contributed by atoms with van der Waals surface area (Å²) >= 11 is 0. The van der Waals surface area contributed by atoms with Crippen molar-refractivity contribution in [2.24, 2.45) is 10.1 Å². The van der Waals surface area contributed by atoms with Crippen molar-refractivity contribution in [1.82, 2.24) is 10.6 Å². The van der Waals surface area contributed by atoms with E-state index in [2.05, 4.69) is 15.6 Å². The van der Waals surface area contributed by atoms with Crippen LogP contribution in [0, 0.1) is 0 Å². The Morgan fingerprint density at radius 3 is 2.58 bits per heavy atom. The van der Waals surface area contributed by atoms with Gasteiger partial charge in [-0.25, -0.2) is 18.5 Å². The van der Waals surface area contributed by atoms with Gasteiger partial charge in [0, 0.05) is 19.7 Å². The molecule has 0 amide bonds. The van der Waals surface area contributed by atoms with Crippen LogP contribution in [-0.2, 0) is 21.3 Å². The molecule has 0 radical (unpaired) electrons. The summed E-state index contributed by atoms with van der Waals surface area (Å²) in [5, 5.41) is 11.5. The molecule has 24 heavy (non-hydrogen) atoms. The third-order valence-electron chi connectivity index (χ3n) is 3.54. The van der Waals surface area contributed by atoms with Crippen molar-refractivity contribution in [3.05, 3.63) is 29.8 Å². The van der Waals surface area contributed by atoms with Crippen molar-refractivity contribution >= 4 is 40.0 Å². The topological polar surface area (TPSA) is 106 Å². The highest BCUT2D eigenvalue weighted by Crippen LogP contribution is 2.11. The second kappa shape index (κ2) is 10.2. The fraction of sp³-hybridized carbons (Fsp3) is 0.533. The number of hydrogen-bond donors (Lipinski definition) is 3. The van der Waals surface area contributed by atoms with Gasteiger partial charge in [0.15, 0.2) is 5.96 Å². The lowest BCUT2D eigenvalue weighted by atomic mass is 10.2. The minimum Gasteiger partial charge on any atom is -0.376 e. The number of halogens is 1. The predicted molar refractivity (Wildman–Crippen MR) is 105 cm³/mol. The lowest BCUT2D eigenvalue weighted by molar-refractivity contribution is 0.114. The Bertz CT molecular complexity index is 629. The number of aliphatic imine (C=N–C) groups is 1. The van der Waals surface area contributed by atoms with Gasteiger partial charge < -0.3 is 15.4 Å². The molecule has 0 aromatic heterocycles. The van der Waals surface area contributed by atoms with E-state index in [1.807, 2.05) is 6.92 Å². The Morgan fingerprint density at radius 2 is 2.04 bits per heavy atom. The molecule has 136 valence electrons. The van der Waals surface area contributed by atoms with Gasteiger partial charge in [-0.1, -0.05) is 12.1 Å². The van der Waals surface area contributed by atoms with E-state index in [1.54, 1.807) is 12.1 Å². The van der Waals surface area contributed by atoms with E-state index in [-0.39, 0.29) is 35.0 Å². The van der Waals surface area contributed by atoms with Crippen molar-refractivity contribution in [2.45, 2.75) is 37.3 Å². The monoisotopic (exact) mass is 468 g/mol. The highest BCUT2D eigenvalue weighted by Gasteiger charge is 2.15. The van der Waals surface area contributed by atoms with Gasteiger partial charge in [-0.05, 0) is 37.5 Å². The van der Waals surface area contributed by atoms with E-state index in [0.717, 1.165) is 44.1 Å². The molecule has 1 heterocycles. The normalized spacial score (nSPS) is 18.1. The van der Waals surface area contributed by atoms with Crippen LogP contribution in [0.4, 0.5) is 0 Å². The maximum atomic E-state index is 11.2. The number of rotatable bonds is 6. The predicted octanol–water partition coefficient (Wildman–Crippen LogP) is 1.19. The molecule has 1 saturated heterocycles. The second-order valence-electron chi connectivity index (χ2n) is 5.40. The van der Waals surface area contributed by atoms with Crippen LogP contribution in [0.3, 0.4) is 0 Å². The molecule has 9 heteroatoms. The average molecular weight is 468 g/mol. The van der Waals surface area contributed by atoms with Crippen LogP contribution in [0.1, 0.15) is 25.3 Å². The van der Waals surface area contributed by atoms with Gasteiger partial charge in [0.05, 0.1) is 17.5 Å². The minimum atomic E-state index is -3.65. The van der Waals surface area contributed by atoms with Crippen molar-refractivity contribution in [1.29, 1.82) is 0 Å². The molecule has 4 N–H and O–H groups in total. The average Bonchev–Trinajstić information content (AvgIpc) is 3.03. The van der Waals surface area contributed by atoms with Gasteiger partial charge in [0.1, 0.15) is 0 Å². The van der Waals surface area contributed by atoms with Crippen molar-refractivity contribution in [3.63, 3.8) is 0 Å². The molecule has 1 aliphatic rings. The van der Waals surface area contributed by atoms with E-state index >= 15 is 0 Å². The van der Waals surface area contributed by atoms with E-state index < -0.39 is 10.0 Å². The van der Waals surface area contributed by atoms with Crippen LogP contribution in [0.5, 0.6) is 0 Å². The first kappa shape index (κ1) is 21.1. The smallest absolute Gasteiger partial charge is 0.238 e. The highest BCUT2D eigenvalue weighted by molar-refractivity contribution is 14.0. The summed E-state index contributed by atoms with van der Waals surface area (Å²) in [7, 11) is -3.65. The summed E-state index contributed by atoms with van der Waals surface area (Å²) in [6.07, 6.45) is 2.42. The summed E-state index contributed by atoms with van der Waals surface area (Å²) in [6, 6.07) is 6.42. The number of sulfonamides is 1. The molecule has 0 saturated carbocycles. The maximum absolute atomic E-state index is 11.2. The Balaban J connectivity index is 0.00000288. The Kier molecular flexibility index (Phi) is 8.95. The van der Waals surface area contributed by atoms with Crippen molar-refractivity contribution < 1.29 is 13.2 Å². The van der Waals surface area contributed by atoms with E-state index in [9.17, 15) is 8.42 Å². The number of ether oxygens (including phenoxy) is 1. The van der Waals surface area contributed by atoms with Gasteiger partial charge in [-0.15, -0.1) is 24.0 Å². The minimum absolute atomic E-state index is 0. The zero-order chi connectivity index (χ0) is 16.7. The molecule has 1 aromatic rings. The number of primary sulfonamides is 1. The third-order valence-corrected chi connectivity index (χ3v) is 4.47. The lowest BCUT2D eigenvalue weighted by Crippen LogP contribution is -2.41. The Morgan fingerprint density at radius 1 is 1.33 bits per heavy atom. The number of benzene rings is 1. The zero-order valence-electron chi connectivity index (χ0n) is 13.7. The molecule has 1 atom stereocenters. The molecule has 2 rings (SSSR count). The maximum Gasteiger partial charge on any atom is 0.238 e. The second-order valence-corrected chi connectivity index (χ2v) is 6.96. The summed E-state index contributed by atoms with van der Waals surface area (Å²) in [5.41, 5.74) is 0.909. The van der Waals surface area contributed by atoms with E-state index in [4.69, 9.17) is 9.88 Å². The highest BCUT2D eigenvalue weighted by atomic mass is 127. The van der Waals surface area contributed by atoms with Crippen LogP contribution in [0.15, 0.2) is 34.2 Å². The van der Waals surface area contributed by atoms with Crippen LogP contribution < -0.4 is 15.8 Å². The Hall–Kier alpha value is -0.910. The fourth-order valence-electron chi connectivity index (χ4n) is 2.31. The summed E-state index contributed by atoms with van der Waals surface area (Å²) in [6.45, 7) is 4.78. The van der Waals surface area contributed by atoms with Crippen molar-refractivity contribution in [2.75, 3.05) is 19.7 Å². The van der Waals surface area contributed by atoms with Crippen molar-refractivity contribution in [3.8, 4) is 0 Å². The molecule has 1 aliphatic heterocycles. The largest absolute Gasteiger partial charge is 0.376 e. The lowest BCUT2D eigenvalue weighted by Gasteiger charge is -2.14. The van der Waals surface area contributed by atoms with Gasteiger partial charge in [0.25, 0.3) is 0 Å². The quantitative estimate of drug-likeness (QED) is 0.331. The molecular weight excluding hydrogens is 443 g/mol. The summed E-state index contributed by atoms with van der Waals surface area (Å²) in [5.74, 6) is 0.721. The molecule has 1 fully saturated rings. The number of nitrogens with two attached hydrogens (primary N) is 1. The van der Waals surface area contributed by atoms with Crippen LogP contribution in [-0.4, -0.2) is 40.2 Å². The molecule has 0 spiro atoms. The zero-order valence-corrected chi connectivity index (χ0v) is 16.8. The van der Waals surface area contributed by atoms with E-state index in [1.165, 1.54) is 12.1 Å². The standard InChI is InChI=1S/C15H24N4O3S.HI/c1-2-17-15(19-11-13-4-3-9-22-13)18-10-12-5-7-14(8-6-12)23(16,20)21;/h5-8,13H,2-4,9-11H2,1H3,(H2,16,20,21)(H2,17,18,19);1H. The first-order valence-corrected chi connectivity index (χ1v) is 9.29. The molecule has 0 bridgehead atoms. The molecule has 0 aliphatic carbocycles. The number of hydrogen-bond acceptors (Lipinski definition) is 4. The first-order valence-electron chi connectivity index (χ1n) is 7.74. The molecular formula is C15H25IN4O3S. The van der Waals surface area contributed by atoms with Gasteiger partial charge in [-0.3, -0.25) is 0 Å². The molecule has 7 nitrogen and oxygen atoms in total. The number of nitrogens with one attached hydrogen (secondary N) is 2. The summed E-state index contributed by atoms with van der Waals surface area (Å²) < 4.78 is 28.0. The fourth-order valence-corrected chi connectivity index (χ4v) is 2.83.